The van der Waals surface area contributed by atoms with Gasteiger partial charge in [0.2, 0.25) is 0 Å². The highest BCUT2D eigenvalue weighted by Crippen LogP contribution is 2.31. The first-order valence-electron chi connectivity index (χ1n) is 7.19. The van der Waals surface area contributed by atoms with E-state index < -0.39 is 11.7 Å². The van der Waals surface area contributed by atoms with E-state index in [4.69, 9.17) is 4.74 Å². The average Bonchev–Trinajstić information content (AvgIpc) is 2.67. The summed E-state index contributed by atoms with van der Waals surface area (Å²) < 4.78 is 43.2. The lowest BCUT2D eigenvalue weighted by molar-refractivity contribution is -0.899. The number of alkyl halides is 3. The SMILES string of the molecule is FC(F)(F)c1cccc(OCC[NH+]2CCCCCC2)c1. The minimum absolute atomic E-state index is 0.300. The summed E-state index contributed by atoms with van der Waals surface area (Å²) in [4.78, 5) is 1.49. The second kappa shape index (κ2) is 6.97. The Morgan fingerprint density at radius 1 is 1.05 bits per heavy atom. The van der Waals surface area contributed by atoms with E-state index in [0.717, 1.165) is 31.8 Å². The van der Waals surface area contributed by atoms with Gasteiger partial charge >= 0.3 is 6.18 Å². The normalized spacial score (nSPS) is 17.8. The fraction of sp³-hybridized carbons (Fsp3) is 0.600. The molecule has 0 aliphatic carbocycles. The van der Waals surface area contributed by atoms with Crippen LogP contribution in [0.15, 0.2) is 24.3 Å². The molecule has 0 bridgehead atoms. The lowest BCUT2D eigenvalue weighted by Gasteiger charge is -2.17. The van der Waals surface area contributed by atoms with E-state index in [2.05, 4.69) is 0 Å². The molecule has 2 rings (SSSR count). The molecule has 1 aliphatic heterocycles. The van der Waals surface area contributed by atoms with Crippen LogP contribution in [0, 0.1) is 0 Å². The second-order valence-corrected chi connectivity index (χ2v) is 5.29. The third-order valence-corrected chi connectivity index (χ3v) is 3.70. The Bertz CT molecular complexity index is 412. The monoisotopic (exact) mass is 288 g/mol. The van der Waals surface area contributed by atoms with Crippen molar-refractivity contribution in [2.45, 2.75) is 31.9 Å². The van der Waals surface area contributed by atoms with Crippen molar-refractivity contribution in [1.82, 2.24) is 0 Å². The highest BCUT2D eigenvalue weighted by atomic mass is 19.4. The lowest BCUT2D eigenvalue weighted by Crippen LogP contribution is -3.12. The molecule has 1 aromatic rings. The lowest BCUT2D eigenvalue weighted by atomic mass is 10.2. The van der Waals surface area contributed by atoms with Crippen LogP contribution in [0.5, 0.6) is 5.75 Å². The molecule has 5 heteroatoms. The Balaban J connectivity index is 1.81. The van der Waals surface area contributed by atoms with Gasteiger partial charge in [0.15, 0.2) is 0 Å². The second-order valence-electron chi connectivity index (χ2n) is 5.29. The van der Waals surface area contributed by atoms with Crippen molar-refractivity contribution in [3.63, 3.8) is 0 Å². The van der Waals surface area contributed by atoms with Crippen LogP contribution in [0.4, 0.5) is 13.2 Å². The first-order chi connectivity index (χ1) is 9.55. The number of nitrogens with one attached hydrogen (secondary N) is 1. The fourth-order valence-corrected chi connectivity index (χ4v) is 2.55. The van der Waals surface area contributed by atoms with Gasteiger partial charge in [-0.1, -0.05) is 6.07 Å². The molecule has 1 fully saturated rings. The predicted octanol–water partition coefficient (Wildman–Crippen LogP) is 2.54. The quantitative estimate of drug-likeness (QED) is 0.899. The summed E-state index contributed by atoms with van der Waals surface area (Å²) in [5.74, 6) is 0.300. The van der Waals surface area contributed by atoms with Gasteiger partial charge in [-0.05, 0) is 43.9 Å². The van der Waals surface area contributed by atoms with Crippen LogP contribution < -0.4 is 9.64 Å². The molecular formula is C15H21F3NO+. The molecule has 0 saturated carbocycles. The van der Waals surface area contributed by atoms with Crippen LogP contribution in [0.1, 0.15) is 31.2 Å². The highest BCUT2D eigenvalue weighted by molar-refractivity contribution is 5.30. The molecule has 1 aliphatic rings. The summed E-state index contributed by atoms with van der Waals surface area (Å²) in [6, 6.07) is 5.09. The number of halogens is 3. The minimum atomic E-state index is -4.31. The molecule has 0 unspecified atom stereocenters. The molecule has 0 spiro atoms. The molecule has 0 atom stereocenters. The molecule has 1 aromatic carbocycles. The van der Waals surface area contributed by atoms with Crippen molar-refractivity contribution < 1.29 is 22.8 Å². The molecule has 1 saturated heterocycles. The van der Waals surface area contributed by atoms with E-state index in [1.165, 1.54) is 36.6 Å². The van der Waals surface area contributed by atoms with Crippen LogP contribution in [-0.4, -0.2) is 26.2 Å². The van der Waals surface area contributed by atoms with E-state index in [9.17, 15) is 13.2 Å². The Labute approximate surface area is 117 Å². The number of ether oxygens (including phenoxy) is 1. The summed E-state index contributed by atoms with van der Waals surface area (Å²) in [5.41, 5.74) is -0.655. The zero-order valence-corrected chi connectivity index (χ0v) is 11.5. The molecule has 2 nitrogen and oxygen atoms in total. The molecule has 0 aromatic heterocycles. The van der Waals surface area contributed by atoms with Gasteiger partial charge in [0.25, 0.3) is 0 Å². The third-order valence-electron chi connectivity index (χ3n) is 3.70. The zero-order valence-electron chi connectivity index (χ0n) is 11.5. The van der Waals surface area contributed by atoms with Crippen molar-refractivity contribution in [3.05, 3.63) is 29.8 Å². The topological polar surface area (TPSA) is 13.7 Å². The molecule has 0 radical (unpaired) electrons. The Hall–Kier alpha value is -1.23. The number of hydrogen-bond acceptors (Lipinski definition) is 1. The smallest absolute Gasteiger partial charge is 0.416 e. The Morgan fingerprint density at radius 2 is 1.75 bits per heavy atom. The number of hydrogen-bond donors (Lipinski definition) is 1. The maximum atomic E-state index is 12.6. The number of rotatable bonds is 4. The van der Waals surface area contributed by atoms with E-state index in [-0.39, 0.29) is 0 Å². The fourth-order valence-electron chi connectivity index (χ4n) is 2.55. The summed E-state index contributed by atoms with van der Waals surface area (Å²) in [5, 5.41) is 0. The Morgan fingerprint density at radius 3 is 2.40 bits per heavy atom. The van der Waals surface area contributed by atoms with Gasteiger partial charge < -0.3 is 9.64 Å². The highest BCUT2D eigenvalue weighted by Gasteiger charge is 2.30. The van der Waals surface area contributed by atoms with Gasteiger partial charge in [-0.15, -0.1) is 0 Å². The summed E-state index contributed by atoms with van der Waals surface area (Å²) >= 11 is 0. The van der Waals surface area contributed by atoms with Crippen LogP contribution in [0.3, 0.4) is 0 Å². The summed E-state index contributed by atoms with van der Waals surface area (Å²) in [7, 11) is 0. The first kappa shape index (κ1) is 15.2. The van der Waals surface area contributed by atoms with Gasteiger partial charge in [-0.3, -0.25) is 0 Å². The average molecular weight is 288 g/mol. The van der Waals surface area contributed by atoms with Gasteiger partial charge in [0.05, 0.1) is 18.7 Å². The molecule has 112 valence electrons. The standard InChI is InChI=1S/C15H20F3NO/c16-15(17,18)13-6-5-7-14(12-13)20-11-10-19-8-3-1-2-4-9-19/h5-7,12H,1-4,8-11H2/p+1. The van der Waals surface area contributed by atoms with E-state index in [0.29, 0.717) is 12.4 Å². The third kappa shape index (κ3) is 4.71. The number of likely N-dealkylation sites (tertiary alicyclic amines) is 1. The first-order valence-corrected chi connectivity index (χ1v) is 7.19. The molecular weight excluding hydrogens is 267 g/mol. The van der Waals surface area contributed by atoms with Gasteiger partial charge in [0.1, 0.15) is 18.9 Å². The summed E-state index contributed by atoms with van der Waals surface area (Å²) in [6.07, 6.45) is 0.739. The van der Waals surface area contributed by atoms with Crippen molar-refractivity contribution in [2.75, 3.05) is 26.2 Å². The summed E-state index contributed by atoms with van der Waals surface area (Å²) in [6.45, 7) is 3.62. The van der Waals surface area contributed by atoms with E-state index in [1.807, 2.05) is 0 Å². The zero-order chi connectivity index (χ0) is 14.4. The van der Waals surface area contributed by atoms with Gasteiger partial charge in [-0.25, -0.2) is 0 Å². The van der Waals surface area contributed by atoms with Crippen LogP contribution >= 0.6 is 0 Å². The van der Waals surface area contributed by atoms with Crippen molar-refractivity contribution in [1.29, 1.82) is 0 Å². The Kier molecular flexibility index (Phi) is 5.29. The van der Waals surface area contributed by atoms with Crippen molar-refractivity contribution >= 4 is 0 Å². The van der Waals surface area contributed by atoms with Crippen molar-refractivity contribution in [2.24, 2.45) is 0 Å². The maximum absolute atomic E-state index is 12.6. The molecule has 20 heavy (non-hydrogen) atoms. The van der Waals surface area contributed by atoms with Gasteiger partial charge in [-0.2, -0.15) is 13.2 Å². The van der Waals surface area contributed by atoms with Crippen LogP contribution in [0.2, 0.25) is 0 Å². The largest absolute Gasteiger partial charge is 0.488 e. The van der Waals surface area contributed by atoms with Crippen LogP contribution in [-0.2, 0) is 6.18 Å². The van der Waals surface area contributed by atoms with Crippen molar-refractivity contribution in [3.8, 4) is 5.75 Å². The van der Waals surface area contributed by atoms with Gasteiger partial charge in [0, 0.05) is 0 Å². The predicted molar refractivity (Wildman–Crippen MR) is 71.0 cm³/mol. The maximum Gasteiger partial charge on any atom is 0.416 e. The molecule has 1 N–H and O–H groups in total. The van der Waals surface area contributed by atoms with Crippen LogP contribution in [0.25, 0.3) is 0 Å². The minimum Gasteiger partial charge on any atom is -0.488 e. The number of quaternary nitrogens is 1. The molecule has 0 amide bonds. The van der Waals surface area contributed by atoms with E-state index >= 15 is 0 Å². The number of benzene rings is 1. The molecule has 1 heterocycles. The van der Waals surface area contributed by atoms with E-state index in [1.54, 1.807) is 6.07 Å².